The smallest absolute Gasteiger partial charge is 0.257 e. The van der Waals surface area contributed by atoms with Crippen molar-refractivity contribution >= 4 is 23.1 Å². The van der Waals surface area contributed by atoms with Crippen molar-refractivity contribution in [2.75, 3.05) is 37.9 Å². The fraction of sp³-hybridized carbons (Fsp3) is 0.348. The summed E-state index contributed by atoms with van der Waals surface area (Å²) < 4.78 is 17.1. The summed E-state index contributed by atoms with van der Waals surface area (Å²) in [5, 5.41) is 6.45. The molecule has 1 fully saturated rings. The molecule has 9 nitrogen and oxygen atoms in total. The molecular weight excluding hydrogens is 408 g/mol. The summed E-state index contributed by atoms with van der Waals surface area (Å²) in [7, 11) is 4.22. The van der Waals surface area contributed by atoms with Crippen LogP contribution in [-0.2, 0) is 0 Å². The summed E-state index contributed by atoms with van der Waals surface area (Å²) in [5.74, 6) is 3.13. The van der Waals surface area contributed by atoms with E-state index in [-0.39, 0.29) is 0 Å². The quantitative estimate of drug-likeness (QED) is 0.578. The maximum Gasteiger partial charge on any atom is 0.257 e. The zero-order valence-electron chi connectivity index (χ0n) is 18.1. The van der Waals surface area contributed by atoms with E-state index in [4.69, 9.17) is 14.2 Å². The second-order valence-electron chi connectivity index (χ2n) is 8.09. The highest BCUT2D eigenvalue weighted by molar-refractivity contribution is 5.61. The summed E-state index contributed by atoms with van der Waals surface area (Å²) in [5.41, 5.74) is 1.64. The number of aromatic nitrogens is 3. The summed E-state index contributed by atoms with van der Waals surface area (Å²) in [4.78, 5) is 15.4. The van der Waals surface area contributed by atoms with Gasteiger partial charge in [-0.05, 0) is 57.3 Å². The van der Waals surface area contributed by atoms with Gasteiger partial charge in [0.1, 0.15) is 30.9 Å². The third kappa shape index (κ3) is 4.67. The Bertz CT molecular complexity index is 1070. The van der Waals surface area contributed by atoms with Gasteiger partial charge in [-0.2, -0.15) is 4.98 Å². The van der Waals surface area contributed by atoms with Gasteiger partial charge in [-0.3, -0.25) is 0 Å². The molecule has 0 spiro atoms. The van der Waals surface area contributed by atoms with Crippen LogP contribution in [0.4, 0.5) is 23.1 Å². The second kappa shape index (κ2) is 8.88. The van der Waals surface area contributed by atoms with E-state index in [9.17, 15) is 0 Å². The molecule has 0 bridgehead atoms. The highest BCUT2D eigenvalue weighted by Crippen LogP contribution is 2.31. The summed E-state index contributed by atoms with van der Waals surface area (Å²) in [6.45, 7) is 1.03. The molecule has 9 heteroatoms. The Hall–Kier alpha value is -3.59. The van der Waals surface area contributed by atoms with Gasteiger partial charge in [0.25, 0.3) is 5.88 Å². The fourth-order valence-corrected chi connectivity index (χ4v) is 3.63. The number of pyridine rings is 1. The molecule has 1 aliphatic carbocycles. The minimum Gasteiger partial charge on any atom is -0.490 e. The molecule has 0 saturated heterocycles. The average molecular weight is 435 g/mol. The van der Waals surface area contributed by atoms with Crippen LogP contribution in [0.5, 0.6) is 17.4 Å². The van der Waals surface area contributed by atoms with Crippen molar-refractivity contribution in [3.8, 4) is 17.4 Å². The molecule has 3 aromatic rings. The van der Waals surface area contributed by atoms with Gasteiger partial charge in [0.05, 0.1) is 11.9 Å². The number of fused-ring (bicyclic) bond motifs is 1. The van der Waals surface area contributed by atoms with Crippen LogP contribution in [0.15, 0.2) is 48.8 Å². The van der Waals surface area contributed by atoms with Crippen molar-refractivity contribution in [3.63, 3.8) is 0 Å². The van der Waals surface area contributed by atoms with E-state index in [1.165, 1.54) is 0 Å². The monoisotopic (exact) mass is 434 g/mol. The molecule has 2 N–H and O–H groups in total. The number of hydrogen-bond acceptors (Lipinski definition) is 9. The predicted molar refractivity (Wildman–Crippen MR) is 121 cm³/mol. The minimum absolute atomic E-state index is 0.294. The van der Waals surface area contributed by atoms with Crippen LogP contribution in [0.1, 0.15) is 12.8 Å². The van der Waals surface area contributed by atoms with Gasteiger partial charge < -0.3 is 29.7 Å². The van der Waals surface area contributed by atoms with E-state index < -0.39 is 0 Å². The van der Waals surface area contributed by atoms with Crippen molar-refractivity contribution in [2.45, 2.75) is 25.0 Å². The van der Waals surface area contributed by atoms with E-state index in [0.717, 1.165) is 30.0 Å². The number of anilines is 4. The summed E-state index contributed by atoms with van der Waals surface area (Å²) >= 11 is 0. The first-order valence-electron chi connectivity index (χ1n) is 10.7. The van der Waals surface area contributed by atoms with Gasteiger partial charge >= 0.3 is 0 Å². The molecule has 166 valence electrons. The normalized spacial score (nSPS) is 19.2. The Labute approximate surface area is 186 Å². The zero-order chi connectivity index (χ0) is 21.9. The van der Waals surface area contributed by atoms with Crippen LogP contribution < -0.4 is 24.8 Å². The molecule has 2 aromatic heterocycles. The number of hydrogen-bond donors (Lipinski definition) is 2. The van der Waals surface area contributed by atoms with Crippen LogP contribution in [0.2, 0.25) is 0 Å². The number of nitrogens with one attached hydrogen (secondary N) is 2. The Morgan fingerprint density at radius 2 is 1.78 bits per heavy atom. The van der Waals surface area contributed by atoms with Crippen molar-refractivity contribution in [1.29, 1.82) is 0 Å². The van der Waals surface area contributed by atoms with Gasteiger partial charge in [-0.25, -0.2) is 9.97 Å². The highest BCUT2D eigenvalue weighted by atomic mass is 16.6. The standard InChI is InChI=1S/C23H26N6O3/c1-29(2)17-12-19(13-17)32-18-5-3-15(4-6-18)27-23-24-8-7-21(28-23)26-16-11-20-22(25-14-16)31-10-9-30-20/h3-8,11,14,17,19H,9-10,12-13H2,1-2H3,(H2,24,26,27,28). The van der Waals surface area contributed by atoms with Gasteiger partial charge in [-0.15, -0.1) is 0 Å². The average Bonchev–Trinajstić information content (AvgIpc) is 2.77. The first kappa shape index (κ1) is 20.3. The van der Waals surface area contributed by atoms with E-state index in [0.29, 0.717) is 48.8 Å². The molecule has 0 amide bonds. The van der Waals surface area contributed by atoms with E-state index in [1.54, 1.807) is 18.5 Å². The molecule has 32 heavy (non-hydrogen) atoms. The van der Waals surface area contributed by atoms with Crippen molar-refractivity contribution in [3.05, 3.63) is 48.8 Å². The van der Waals surface area contributed by atoms with Gasteiger partial charge in [-0.1, -0.05) is 0 Å². The Morgan fingerprint density at radius 1 is 0.969 bits per heavy atom. The van der Waals surface area contributed by atoms with E-state index in [2.05, 4.69) is 44.6 Å². The molecule has 0 radical (unpaired) electrons. The number of benzene rings is 1. The third-order valence-corrected chi connectivity index (χ3v) is 5.54. The SMILES string of the molecule is CN(C)C1CC(Oc2ccc(Nc3nccc(Nc4cnc5c(c4)OCCO5)n3)cc2)C1. The van der Waals surface area contributed by atoms with Crippen LogP contribution >= 0.6 is 0 Å². The molecule has 5 rings (SSSR count). The molecule has 1 saturated carbocycles. The highest BCUT2D eigenvalue weighted by Gasteiger charge is 2.32. The van der Waals surface area contributed by atoms with E-state index >= 15 is 0 Å². The summed E-state index contributed by atoms with van der Waals surface area (Å²) in [6.07, 6.45) is 5.81. The molecule has 1 aromatic carbocycles. The largest absolute Gasteiger partial charge is 0.490 e. The number of nitrogens with zero attached hydrogens (tertiary/aromatic N) is 4. The van der Waals surface area contributed by atoms with Crippen molar-refractivity contribution in [2.24, 2.45) is 0 Å². The second-order valence-corrected chi connectivity index (χ2v) is 8.09. The summed E-state index contributed by atoms with van der Waals surface area (Å²) in [6, 6.07) is 12.1. The Kier molecular flexibility index (Phi) is 5.64. The maximum absolute atomic E-state index is 6.04. The van der Waals surface area contributed by atoms with Crippen molar-refractivity contribution in [1.82, 2.24) is 19.9 Å². The lowest BCUT2D eigenvalue weighted by Crippen LogP contribution is -2.46. The maximum atomic E-state index is 6.04. The first-order valence-corrected chi connectivity index (χ1v) is 10.7. The molecule has 3 heterocycles. The Balaban J connectivity index is 1.19. The molecule has 0 atom stereocenters. The molecular formula is C23H26N6O3. The molecule has 0 unspecified atom stereocenters. The predicted octanol–water partition coefficient (Wildman–Crippen LogP) is 3.60. The zero-order valence-corrected chi connectivity index (χ0v) is 18.1. The van der Waals surface area contributed by atoms with Crippen LogP contribution in [0.3, 0.4) is 0 Å². The van der Waals surface area contributed by atoms with Crippen molar-refractivity contribution < 1.29 is 14.2 Å². The van der Waals surface area contributed by atoms with Crippen LogP contribution in [-0.4, -0.2) is 59.3 Å². The van der Waals surface area contributed by atoms with Gasteiger partial charge in [0, 0.05) is 24.0 Å². The molecule has 2 aliphatic rings. The van der Waals surface area contributed by atoms with Crippen LogP contribution in [0, 0.1) is 0 Å². The first-order chi connectivity index (χ1) is 15.6. The lowest BCUT2D eigenvalue weighted by atomic mass is 9.88. The van der Waals surface area contributed by atoms with Crippen LogP contribution in [0.25, 0.3) is 0 Å². The number of rotatable bonds is 7. The molecule has 1 aliphatic heterocycles. The minimum atomic E-state index is 0.294. The topological polar surface area (TPSA) is 93.7 Å². The third-order valence-electron chi connectivity index (χ3n) is 5.54. The lowest BCUT2D eigenvalue weighted by Gasteiger charge is -2.39. The van der Waals surface area contributed by atoms with E-state index in [1.807, 2.05) is 30.3 Å². The lowest BCUT2D eigenvalue weighted by molar-refractivity contribution is 0.0401. The number of ether oxygens (including phenoxy) is 3. The fourth-order valence-electron chi connectivity index (χ4n) is 3.63. The Morgan fingerprint density at radius 3 is 2.59 bits per heavy atom. The van der Waals surface area contributed by atoms with Gasteiger partial charge in [0.15, 0.2) is 5.75 Å². The van der Waals surface area contributed by atoms with Gasteiger partial charge in [0.2, 0.25) is 5.95 Å².